The smallest absolute Gasteiger partial charge is 0.407 e. The number of hydrogen-bond donors (Lipinski definition) is 1. The van der Waals surface area contributed by atoms with Crippen LogP contribution in [-0.4, -0.2) is 25.4 Å². The van der Waals surface area contributed by atoms with Gasteiger partial charge in [-0.25, -0.2) is 4.79 Å². The molecular formula is C14H19NO3. The second kappa shape index (κ2) is 6.40. The van der Waals surface area contributed by atoms with Crippen LogP contribution in [0.5, 0.6) is 0 Å². The van der Waals surface area contributed by atoms with Gasteiger partial charge in [0.15, 0.2) is 0 Å². The summed E-state index contributed by atoms with van der Waals surface area (Å²) in [6.45, 7) is 3.80. The van der Waals surface area contributed by atoms with Crippen LogP contribution in [0.3, 0.4) is 0 Å². The minimum atomic E-state index is -0.368. The largest absolute Gasteiger partial charge is 0.444 e. The van der Waals surface area contributed by atoms with Crippen molar-refractivity contribution in [1.82, 2.24) is 5.32 Å². The molecule has 0 bridgehead atoms. The molecule has 1 aromatic carbocycles. The third-order valence-electron chi connectivity index (χ3n) is 3.00. The Hall–Kier alpha value is -1.55. The molecule has 0 radical (unpaired) electrons. The van der Waals surface area contributed by atoms with E-state index in [1.807, 2.05) is 12.1 Å². The highest BCUT2D eigenvalue weighted by atomic mass is 16.6. The highest BCUT2D eigenvalue weighted by Crippen LogP contribution is 2.09. The lowest BCUT2D eigenvalue weighted by Crippen LogP contribution is -2.28. The first-order chi connectivity index (χ1) is 8.78. The van der Waals surface area contributed by atoms with Crippen molar-refractivity contribution < 1.29 is 14.3 Å². The summed E-state index contributed by atoms with van der Waals surface area (Å²) in [6, 6.07) is 8.18. The number of amides is 1. The van der Waals surface area contributed by atoms with E-state index < -0.39 is 0 Å². The molecule has 1 aliphatic rings. The number of rotatable bonds is 4. The summed E-state index contributed by atoms with van der Waals surface area (Å²) >= 11 is 0. The van der Waals surface area contributed by atoms with Crippen LogP contribution < -0.4 is 5.32 Å². The maximum absolute atomic E-state index is 11.5. The van der Waals surface area contributed by atoms with Gasteiger partial charge >= 0.3 is 6.09 Å². The zero-order valence-corrected chi connectivity index (χ0v) is 10.6. The zero-order chi connectivity index (χ0) is 12.8. The zero-order valence-electron chi connectivity index (χ0n) is 10.6. The Bertz CT molecular complexity index is 400. The van der Waals surface area contributed by atoms with E-state index in [0.29, 0.717) is 19.8 Å². The third-order valence-corrected chi connectivity index (χ3v) is 3.00. The Morgan fingerprint density at radius 2 is 2.33 bits per heavy atom. The first kappa shape index (κ1) is 12.9. The summed E-state index contributed by atoms with van der Waals surface area (Å²) in [5.41, 5.74) is 2.36. The Labute approximate surface area is 107 Å². The highest BCUT2D eigenvalue weighted by Gasteiger charge is 2.19. The molecule has 0 aromatic heterocycles. The third kappa shape index (κ3) is 3.74. The topological polar surface area (TPSA) is 47.6 Å². The first-order valence-electron chi connectivity index (χ1n) is 6.38. The summed E-state index contributed by atoms with van der Waals surface area (Å²) in [5.74, 6) is 0. The van der Waals surface area contributed by atoms with Gasteiger partial charge in [-0.15, -0.1) is 0 Å². The van der Waals surface area contributed by atoms with E-state index >= 15 is 0 Å². The second-order valence-electron chi connectivity index (χ2n) is 4.42. The van der Waals surface area contributed by atoms with Crippen molar-refractivity contribution >= 4 is 6.09 Å². The number of benzene rings is 1. The number of carbonyl (C=O) groups is 1. The molecule has 1 aromatic rings. The van der Waals surface area contributed by atoms with Crippen LogP contribution in [0, 0.1) is 0 Å². The van der Waals surface area contributed by atoms with Crippen LogP contribution in [0.1, 0.15) is 24.5 Å². The average molecular weight is 249 g/mol. The van der Waals surface area contributed by atoms with E-state index in [9.17, 15) is 4.79 Å². The lowest BCUT2D eigenvalue weighted by molar-refractivity contribution is 0.0828. The van der Waals surface area contributed by atoms with E-state index in [-0.39, 0.29) is 12.2 Å². The molecular weight excluding hydrogens is 230 g/mol. The minimum Gasteiger partial charge on any atom is -0.444 e. The van der Waals surface area contributed by atoms with Gasteiger partial charge in [-0.05, 0) is 17.5 Å². The number of alkyl carbamates (subject to hydrolysis) is 1. The fourth-order valence-electron chi connectivity index (χ4n) is 1.93. The van der Waals surface area contributed by atoms with Crippen LogP contribution in [0.15, 0.2) is 24.3 Å². The van der Waals surface area contributed by atoms with Crippen molar-refractivity contribution in [2.75, 3.05) is 13.2 Å². The van der Waals surface area contributed by atoms with Crippen molar-refractivity contribution in [2.24, 2.45) is 0 Å². The number of hydrogen-bond acceptors (Lipinski definition) is 3. The normalized spacial score (nSPS) is 18.6. The monoisotopic (exact) mass is 249 g/mol. The highest BCUT2D eigenvalue weighted by molar-refractivity contribution is 5.67. The molecule has 1 N–H and O–H groups in total. The maximum Gasteiger partial charge on any atom is 0.407 e. The number of aryl methyl sites for hydroxylation is 1. The van der Waals surface area contributed by atoms with Gasteiger partial charge in [-0.2, -0.15) is 0 Å². The van der Waals surface area contributed by atoms with Crippen molar-refractivity contribution in [3.05, 3.63) is 35.4 Å². The summed E-state index contributed by atoms with van der Waals surface area (Å²) < 4.78 is 10.4. The van der Waals surface area contributed by atoms with Gasteiger partial charge < -0.3 is 14.8 Å². The molecule has 1 aliphatic heterocycles. The van der Waals surface area contributed by atoms with Crippen molar-refractivity contribution in [2.45, 2.75) is 32.4 Å². The van der Waals surface area contributed by atoms with E-state index in [1.54, 1.807) is 0 Å². The van der Waals surface area contributed by atoms with Crippen molar-refractivity contribution in [3.63, 3.8) is 0 Å². The van der Waals surface area contributed by atoms with Crippen molar-refractivity contribution in [3.8, 4) is 0 Å². The van der Waals surface area contributed by atoms with Crippen LogP contribution in [0.25, 0.3) is 0 Å². The van der Waals surface area contributed by atoms with Gasteiger partial charge in [-0.3, -0.25) is 0 Å². The molecule has 2 rings (SSSR count). The molecule has 0 saturated carbocycles. The molecule has 18 heavy (non-hydrogen) atoms. The van der Waals surface area contributed by atoms with Gasteiger partial charge in [0.1, 0.15) is 6.10 Å². The predicted molar refractivity (Wildman–Crippen MR) is 68.4 cm³/mol. The molecule has 4 nitrogen and oxygen atoms in total. The van der Waals surface area contributed by atoms with Crippen LogP contribution >= 0.6 is 0 Å². The summed E-state index contributed by atoms with van der Waals surface area (Å²) in [5, 5.41) is 2.76. The number of carbonyl (C=O) groups excluding carboxylic acids is 1. The molecule has 98 valence electrons. The molecule has 1 heterocycles. The van der Waals surface area contributed by atoms with Crippen LogP contribution in [0.2, 0.25) is 0 Å². The van der Waals surface area contributed by atoms with Gasteiger partial charge in [0.2, 0.25) is 0 Å². The van der Waals surface area contributed by atoms with Crippen LogP contribution in [-0.2, 0) is 22.4 Å². The minimum absolute atomic E-state index is 0.0908. The average Bonchev–Trinajstić information content (AvgIpc) is 2.89. The molecule has 1 saturated heterocycles. The fourth-order valence-corrected chi connectivity index (χ4v) is 1.93. The van der Waals surface area contributed by atoms with E-state index in [2.05, 4.69) is 24.4 Å². The predicted octanol–water partition coefficient (Wildman–Crippen LogP) is 2.26. The van der Waals surface area contributed by atoms with Gasteiger partial charge in [0.25, 0.3) is 0 Å². The lowest BCUT2D eigenvalue weighted by Gasteiger charge is -2.11. The molecule has 1 atom stereocenters. The molecule has 4 heteroatoms. The summed E-state index contributed by atoms with van der Waals surface area (Å²) in [6.07, 6.45) is 1.33. The Morgan fingerprint density at radius 3 is 3.06 bits per heavy atom. The second-order valence-corrected chi connectivity index (χ2v) is 4.42. The van der Waals surface area contributed by atoms with Crippen LogP contribution in [0.4, 0.5) is 4.79 Å². The molecule has 1 fully saturated rings. The summed E-state index contributed by atoms with van der Waals surface area (Å²) in [7, 11) is 0. The van der Waals surface area contributed by atoms with E-state index in [0.717, 1.165) is 18.4 Å². The Kier molecular flexibility index (Phi) is 4.59. The van der Waals surface area contributed by atoms with Gasteiger partial charge in [-0.1, -0.05) is 31.2 Å². The first-order valence-corrected chi connectivity index (χ1v) is 6.38. The van der Waals surface area contributed by atoms with E-state index in [1.165, 1.54) is 5.56 Å². The SMILES string of the molecule is CCc1cccc(CNC(=O)O[C@H]2CCOC2)c1. The molecule has 0 aliphatic carbocycles. The number of nitrogens with one attached hydrogen (secondary N) is 1. The molecule has 0 spiro atoms. The van der Waals surface area contributed by atoms with Gasteiger partial charge in [0, 0.05) is 13.0 Å². The summed E-state index contributed by atoms with van der Waals surface area (Å²) in [4.78, 5) is 11.5. The lowest BCUT2D eigenvalue weighted by atomic mass is 10.1. The molecule has 1 amide bonds. The standard InChI is InChI=1S/C14H19NO3/c1-2-11-4-3-5-12(8-11)9-15-14(16)18-13-6-7-17-10-13/h3-5,8,13H,2,6-7,9-10H2,1H3,(H,15,16)/t13-/m0/s1. The molecule has 0 unspecified atom stereocenters. The Balaban J connectivity index is 1.77. The Morgan fingerprint density at radius 1 is 1.50 bits per heavy atom. The number of ether oxygens (including phenoxy) is 2. The quantitative estimate of drug-likeness (QED) is 0.890. The van der Waals surface area contributed by atoms with E-state index in [4.69, 9.17) is 9.47 Å². The fraction of sp³-hybridized carbons (Fsp3) is 0.500. The van der Waals surface area contributed by atoms with Gasteiger partial charge in [0.05, 0.1) is 13.2 Å². The van der Waals surface area contributed by atoms with Crippen molar-refractivity contribution in [1.29, 1.82) is 0 Å². The maximum atomic E-state index is 11.5.